The Bertz CT molecular complexity index is 875. The predicted molar refractivity (Wildman–Crippen MR) is 108 cm³/mol. The van der Waals surface area contributed by atoms with E-state index in [9.17, 15) is 19.5 Å². The summed E-state index contributed by atoms with van der Waals surface area (Å²) in [5.41, 5.74) is -1.08. The van der Waals surface area contributed by atoms with Crippen molar-refractivity contribution < 1.29 is 28.6 Å². The van der Waals surface area contributed by atoms with E-state index in [1.165, 1.54) is 18.6 Å². The van der Waals surface area contributed by atoms with E-state index in [2.05, 4.69) is 6.08 Å². The van der Waals surface area contributed by atoms with Crippen molar-refractivity contribution in [3.8, 4) is 0 Å². The van der Waals surface area contributed by atoms with Gasteiger partial charge in [-0.25, -0.2) is 4.39 Å². The van der Waals surface area contributed by atoms with Crippen LogP contribution in [0.15, 0.2) is 23.3 Å². The van der Waals surface area contributed by atoms with Crippen LogP contribution < -0.4 is 0 Å². The fraction of sp³-hybridized carbons (Fsp3) is 0.708. The predicted octanol–water partition coefficient (Wildman–Crippen LogP) is 3.50. The molecule has 0 unspecified atom stereocenters. The summed E-state index contributed by atoms with van der Waals surface area (Å²) >= 11 is 0. The lowest BCUT2D eigenvalue weighted by Gasteiger charge is -2.55. The molecule has 0 saturated heterocycles. The van der Waals surface area contributed by atoms with E-state index >= 15 is 4.39 Å². The molecule has 30 heavy (non-hydrogen) atoms. The van der Waals surface area contributed by atoms with E-state index in [1.807, 2.05) is 20.8 Å². The molecule has 0 aromatic carbocycles. The van der Waals surface area contributed by atoms with Crippen molar-refractivity contribution in [2.45, 2.75) is 71.6 Å². The average Bonchev–Trinajstić information content (AvgIpc) is 2.89. The van der Waals surface area contributed by atoms with Crippen LogP contribution in [0.4, 0.5) is 4.39 Å². The van der Waals surface area contributed by atoms with Crippen molar-refractivity contribution in [3.63, 3.8) is 0 Å². The van der Waals surface area contributed by atoms with E-state index < -0.39 is 41.0 Å². The molecule has 7 atom stereocenters. The molecule has 0 amide bonds. The maximum Gasteiger partial charge on any atom is 0.303 e. The minimum atomic E-state index is -1.62. The number of Topliss-reactive ketones (excluding diaryl/α,β-unsaturated/α-hetero) is 1. The lowest BCUT2D eigenvalue weighted by atomic mass is 9.50. The first kappa shape index (κ1) is 21.4. The van der Waals surface area contributed by atoms with Crippen LogP contribution >= 0.6 is 0 Å². The standard InChI is InChI=1S/C24H31FO5/c1-13-9-18-16-11-20(25)19-10-15(27)5-7-22(19,3)17(16)6-8-23(18,4)24(13,29)21(28)12-30-14(2)26/h6,10,13,16,18,20,29H,5,7-9,11-12H2,1-4H3/t13-,16-,18-,20+,22-,23+,24+/m1/s1. The fourth-order valence-corrected chi connectivity index (χ4v) is 7.08. The molecule has 164 valence electrons. The zero-order chi connectivity index (χ0) is 22.1. The molecule has 0 aliphatic heterocycles. The van der Waals surface area contributed by atoms with Crippen molar-refractivity contribution in [2.24, 2.45) is 28.6 Å². The summed E-state index contributed by atoms with van der Waals surface area (Å²) in [6, 6.07) is 0. The second-order valence-corrected chi connectivity index (χ2v) is 10.2. The molecule has 4 rings (SSSR count). The number of alkyl halides is 1. The molecule has 4 aliphatic carbocycles. The highest BCUT2D eigenvalue weighted by molar-refractivity contribution is 5.92. The summed E-state index contributed by atoms with van der Waals surface area (Å²) in [4.78, 5) is 36.2. The Balaban J connectivity index is 1.73. The van der Waals surface area contributed by atoms with E-state index in [0.717, 1.165) is 0 Å². The lowest BCUT2D eigenvalue weighted by molar-refractivity contribution is -0.167. The molecule has 6 heteroatoms. The van der Waals surface area contributed by atoms with Gasteiger partial charge in [0.2, 0.25) is 5.78 Å². The Hall–Kier alpha value is -1.82. The van der Waals surface area contributed by atoms with Gasteiger partial charge in [0, 0.05) is 24.2 Å². The summed E-state index contributed by atoms with van der Waals surface area (Å²) in [6.45, 7) is 6.61. The van der Waals surface area contributed by atoms with Crippen molar-refractivity contribution >= 4 is 17.5 Å². The summed E-state index contributed by atoms with van der Waals surface area (Å²) in [5.74, 6) is -1.49. The third-order valence-electron chi connectivity index (χ3n) is 8.73. The SMILES string of the molecule is CC(=O)OCC(=O)[C@@]1(O)[C@H](C)C[C@@H]2[C@@H]3C[C@H](F)C4=CC(=O)CC[C@]4(C)C3=CC[C@@]21C. The Morgan fingerprint density at radius 2 is 1.97 bits per heavy atom. The van der Waals surface area contributed by atoms with Crippen LogP contribution in [0.25, 0.3) is 0 Å². The highest BCUT2D eigenvalue weighted by atomic mass is 19.1. The zero-order valence-electron chi connectivity index (χ0n) is 18.2. The first-order chi connectivity index (χ1) is 13.9. The van der Waals surface area contributed by atoms with Gasteiger partial charge in [0.1, 0.15) is 11.8 Å². The number of carbonyl (C=O) groups is 3. The summed E-state index contributed by atoms with van der Waals surface area (Å²) in [6.07, 6.45) is 4.83. The molecular weight excluding hydrogens is 387 g/mol. The Morgan fingerprint density at radius 3 is 2.63 bits per heavy atom. The van der Waals surface area contributed by atoms with Crippen LogP contribution in [0.2, 0.25) is 0 Å². The molecule has 0 heterocycles. The number of allylic oxidation sites excluding steroid dienone is 4. The summed E-state index contributed by atoms with van der Waals surface area (Å²) in [5, 5.41) is 11.7. The first-order valence-corrected chi connectivity index (χ1v) is 10.9. The molecular formula is C24H31FO5. The number of carbonyl (C=O) groups excluding carboxylic acids is 3. The number of halogens is 1. The third-order valence-corrected chi connectivity index (χ3v) is 8.73. The number of hydrogen-bond acceptors (Lipinski definition) is 5. The van der Waals surface area contributed by atoms with Gasteiger partial charge in [-0.2, -0.15) is 0 Å². The second-order valence-electron chi connectivity index (χ2n) is 10.2. The molecule has 2 fully saturated rings. The molecule has 0 radical (unpaired) electrons. The van der Waals surface area contributed by atoms with Crippen molar-refractivity contribution in [1.29, 1.82) is 0 Å². The van der Waals surface area contributed by atoms with Gasteiger partial charge in [0.25, 0.3) is 0 Å². The maximum atomic E-state index is 15.3. The van der Waals surface area contributed by atoms with E-state index in [1.54, 1.807) is 0 Å². The van der Waals surface area contributed by atoms with Crippen molar-refractivity contribution in [1.82, 2.24) is 0 Å². The molecule has 2 saturated carbocycles. The second kappa shape index (κ2) is 6.84. The molecule has 0 aromatic heterocycles. The molecule has 0 spiro atoms. The minimum absolute atomic E-state index is 0.00949. The van der Waals surface area contributed by atoms with Gasteiger partial charge in [-0.3, -0.25) is 14.4 Å². The molecule has 5 nitrogen and oxygen atoms in total. The van der Waals surface area contributed by atoms with E-state index in [4.69, 9.17) is 4.74 Å². The number of rotatable bonds is 3. The van der Waals surface area contributed by atoms with Gasteiger partial charge in [0.15, 0.2) is 12.4 Å². The number of fused-ring (bicyclic) bond motifs is 5. The monoisotopic (exact) mass is 418 g/mol. The molecule has 0 aromatic rings. The van der Waals surface area contributed by atoms with Gasteiger partial charge in [-0.05, 0) is 55.1 Å². The Labute approximate surface area is 176 Å². The van der Waals surface area contributed by atoms with Crippen molar-refractivity contribution in [3.05, 3.63) is 23.3 Å². The zero-order valence-corrected chi connectivity index (χ0v) is 18.2. The Kier molecular flexibility index (Phi) is 4.88. The number of esters is 1. The molecule has 0 bridgehead atoms. The highest BCUT2D eigenvalue weighted by Crippen LogP contribution is 2.67. The lowest BCUT2D eigenvalue weighted by Crippen LogP contribution is -2.58. The van der Waals surface area contributed by atoms with Crippen molar-refractivity contribution in [2.75, 3.05) is 6.61 Å². The van der Waals surface area contributed by atoms with Gasteiger partial charge in [0.05, 0.1) is 0 Å². The fourth-order valence-electron chi connectivity index (χ4n) is 7.08. The smallest absolute Gasteiger partial charge is 0.303 e. The third kappa shape index (κ3) is 2.72. The number of hydrogen-bond donors (Lipinski definition) is 1. The first-order valence-electron chi connectivity index (χ1n) is 10.9. The normalized spacial score (nSPS) is 44.9. The van der Waals surface area contributed by atoms with Gasteiger partial charge >= 0.3 is 5.97 Å². The van der Waals surface area contributed by atoms with E-state index in [-0.39, 0.29) is 30.0 Å². The quantitative estimate of drug-likeness (QED) is 0.561. The van der Waals surface area contributed by atoms with Gasteiger partial charge in [-0.15, -0.1) is 0 Å². The van der Waals surface area contributed by atoms with Crippen LogP contribution in [0, 0.1) is 28.6 Å². The van der Waals surface area contributed by atoms with E-state index in [0.29, 0.717) is 31.3 Å². The largest absolute Gasteiger partial charge is 0.458 e. The number of aliphatic hydroxyl groups is 1. The molecule has 4 aliphatic rings. The van der Waals surface area contributed by atoms with Gasteiger partial charge in [-0.1, -0.05) is 32.4 Å². The van der Waals surface area contributed by atoms with Crippen LogP contribution in [-0.4, -0.2) is 41.0 Å². The van der Waals surface area contributed by atoms with Crippen LogP contribution in [-0.2, 0) is 19.1 Å². The average molecular weight is 419 g/mol. The van der Waals surface area contributed by atoms with Crippen LogP contribution in [0.1, 0.15) is 59.8 Å². The maximum absolute atomic E-state index is 15.3. The summed E-state index contributed by atoms with van der Waals surface area (Å²) in [7, 11) is 0. The topological polar surface area (TPSA) is 80.7 Å². The summed E-state index contributed by atoms with van der Waals surface area (Å²) < 4.78 is 20.2. The number of ketones is 2. The highest BCUT2D eigenvalue weighted by Gasteiger charge is 2.68. The molecule has 1 N–H and O–H groups in total. The van der Waals surface area contributed by atoms with Gasteiger partial charge < -0.3 is 9.84 Å². The van der Waals surface area contributed by atoms with Crippen LogP contribution in [0.3, 0.4) is 0 Å². The number of ether oxygens (including phenoxy) is 1. The Morgan fingerprint density at radius 1 is 1.27 bits per heavy atom. The minimum Gasteiger partial charge on any atom is -0.458 e. The van der Waals surface area contributed by atoms with Crippen LogP contribution in [0.5, 0.6) is 0 Å².